The summed E-state index contributed by atoms with van der Waals surface area (Å²) < 4.78 is 4.83. The second-order valence-corrected chi connectivity index (χ2v) is 4.30. The minimum absolute atomic E-state index is 0.117. The van der Waals surface area contributed by atoms with Gasteiger partial charge in [-0.15, -0.1) is 0 Å². The van der Waals surface area contributed by atoms with Crippen molar-refractivity contribution in [2.75, 3.05) is 38.7 Å². The summed E-state index contributed by atoms with van der Waals surface area (Å²) in [6.07, 6.45) is 3.40. The van der Waals surface area contributed by atoms with E-state index in [-0.39, 0.29) is 24.8 Å². The summed E-state index contributed by atoms with van der Waals surface area (Å²) in [5, 5.41) is 8.49. The fourth-order valence-electron chi connectivity index (χ4n) is 1.69. The molecule has 21 heavy (non-hydrogen) atoms. The van der Waals surface area contributed by atoms with Crippen LogP contribution in [-0.4, -0.2) is 50.1 Å². The van der Waals surface area contributed by atoms with Gasteiger partial charge in [-0.2, -0.15) is 0 Å². The van der Waals surface area contributed by atoms with Gasteiger partial charge in [-0.25, -0.2) is 0 Å². The number of amides is 2. The Balaban J connectivity index is 2.38. The molecule has 1 aromatic heterocycles. The molecule has 0 aliphatic carbocycles. The minimum Gasteiger partial charge on any atom is -0.383 e. The Morgan fingerprint density at radius 3 is 2.81 bits per heavy atom. The van der Waals surface area contributed by atoms with Gasteiger partial charge >= 0.3 is 0 Å². The van der Waals surface area contributed by atoms with Gasteiger partial charge in [0, 0.05) is 39.4 Å². The Bertz CT molecular complexity index is 465. The van der Waals surface area contributed by atoms with E-state index in [4.69, 9.17) is 4.74 Å². The molecule has 7 nitrogen and oxygen atoms in total. The summed E-state index contributed by atoms with van der Waals surface area (Å²) in [4.78, 5) is 27.5. The van der Waals surface area contributed by atoms with Crippen LogP contribution >= 0.6 is 0 Å². The summed E-state index contributed by atoms with van der Waals surface area (Å²) in [7, 11) is 1.57. The molecule has 0 aliphatic heterocycles. The molecule has 7 heteroatoms. The van der Waals surface area contributed by atoms with E-state index in [0.29, 0.717) is 30.9 Å². The van der Waals surface area contributed by atoms with Crippen LogP contribution in [0.15, 0.2) is 18.5 Å². The quantitative estimate of drug-likeness (QED) is 0.573. The lowest BCUT2D eigenvalue weighted by molar-refractivity contribution is -0.121. The van der Waals surface area contributed by atoms with E-state index in [1.54, 1.807) is 25.6 Å². The average molecular weight is 294 g/mol. The molecule has 3 N–H and O–H groups in total. The molecule has 116 valence electrons. The van der Waals surface area contributed by atoms with Gasteiger partial charge in [0.15, 0.2) is 0 Å². The summed E-state index contributed by atoms with van der Waals surface area (Å²) in [5.41, 5.74) is 1.20. The molecule has 0 saturated heterocycles. The summed E-state index contributed by atoms with van der Waals surface area (Å²) in [6.45, 7) is 3.87. The first kappa shape index (κ1) is 16.9. The monoisotopic (exact) mass is 294 g/mol. The number of ether oxygens (including phenoxy) is 1. The van der Waals surface area contributed by atoms with Gasteiger partial charge in [0.25, 0.3) is 5.91 Å². The van der Waals surface area contributed by atoms with Crippen molar-refractivity contribution in [1.29, 1.82) is 0 Å². The highest BCUT2D eigenvalue weighted by Gasteiger charge is 2.11. The van der Waals surface area contributed by atoms with Crippen molar-refractivity contribution < 1.29 is 14.3 Å². The van der Waals surface area contributed by atoms with Gasteiger partial charge in [-0.3, -0.25) is 14.6 Å². The van der Waals surface area contributed by atoms with E-state index in [2.05, 4.69) is 20.9 Å². The van der Waals surface area contributed by atoms with E-state index < -0.39 is 0 Å². The van der Waals surface area contributed by atoms with Gasteiger partial charge < -0.3 is 20.7 Å². The number of pyridine rings is 1. The molecule has 0 spiro atoms. The van der Waals surface area contributed by atoms with Crippen LogP contribution in [-0.2, 0) is 9.53 Å². The van der Waals surface area contributed by atoms with E-state index >= 15 is 0 Å². The Kier molecular flexibility index (Phi) is 7.81. The molecule has 0 bridgehead atoms. The molecule has 0 atom stereocenters. The third-order valence-electron chi connectivity index (χ3n) is 2.70. The van der Waals surface area contributed by atoms with Crippen molar-refractivity contribution in [1.82, 2.24) is 15.6 Å². The molecular weight excluding hydrogens is 272 g/mol. The standard InChI is InChI=1S/C14H22N4O3/c1-3-16-12-10-15-6-4-11(12)14(20)18-7-5-13(19)17-8-9-21-2/h4,6,10,16H,3,5,7-9H2,1-2H3,(H,17,19)(H,18,20). The molecule has 1 rings (SSSR count). The smallest absolute Gasteiger partial charge is 0.253 e. The van der Waals surface area contributed by atoms with Gasteiger partial charge in [0.2, 0.25) is 5.91 Å². The van der Waals surface area contributed by atoms with Crippen molar-refractivity contribution in [2.24, 2.45) is 0 Å². The minimum atomic E-state index is -0.224. The molecule has 0 aromatic carbocycles. The number of rotatable bonds is 9. The van der Waals surface area contributed by atoms with Crippen molar-refractivity contribution in [2.45, 2.75) is 13.3 Å². The van der Waals surface area contributed by atoms with Crippen molar-refractivity contribution in [3.63, 3.8) is 0 Å². The Labute approximate surface area is 124 Å². The SMILES string of the molecule is CCNc1cnccc1C(=O)NCCC(=O)NCCOC. The molecule has 0 saturated carbocycles. The number of hydrogen-bond acceptors (Lipinski definition) is 5. The van der Waals surface area contributed by atoms with E-state index in [9.17, 15) is 9.59 Å². The summed E-state index contributed by atoms with van der Waals surface area (Å²) in [6, 6.07) is 1.64. The van der Waals surface area contributed by atoms with Gasteiger partial charge in [0.05, 0.1) is 24.1 Å². The fourth-order valence-corrected chi connectivity index (χ4v) is 1.69. The zero-order valence-corrected chi connectivity index (χ0v) is 12.4. The van der Waals surface area contributed by atoms with Crippen molar-refractivity contribution in [3.05, 3.63) is 24.0 Å². The maximum atomic E-state index is 12.1. The average Bonchev–Trinajstić information content (AvgIpc) is 2.48. The second-order valence-electron chi connectivity index (χ2n) is 4.30. The third kappa shape index (κ3) is 6.22. The lowest BCUT2D eigenvalue weighted by Gasteiger charge is -2.10. The van der Waals surface area contributed by atoms with Crippen LogP contribution in [0.4, 0.5) is 5.69 Å². The van der Waals surface area contributed by atoms with Crippen LogP contribution in [0, 0.1) is 0 Å². The van der Waals surface area contributed by atoms with Crippen LogP contribution in [0.2, 0.25) is 0 Å². The molecular formula is C14H22N4O3. The second kappa shape index (κ2) is 9.71. The molecule has 1 aromatic rings. The predicted octanol–water partition coefficient (Wildman–Crippen LogP) is 0.396. The van der Waals surface area contributed by atoms with Gasteiger partial charge in [-0.05, 0) is 13.0 Å². The number of anilines is 1. The number of carbonyl (C=O) groups is 2. The zero-order chi connectivity index (χ0) is 15.5. The van der Waals surface area contributed by atoms with Gasteiger partial charge in [-0.1, -0.05) is 0 Å². The highest BCUT2D eigenvalue weighted by atomic mass is 16.5. The van der Waals surface area contributed by atoms with E-state index in [1.807, 2.05) is 6.92 Å². The first-order chi connectivity index (χ1) is 10.2. The summed E-state index contributed by atoms with van der Waals surface area (Å²) >= 11 is 0. The number of methoxy groups -OCH3 is 1. The third-order valence-corrected chi connectivity index (χ3v) is 2.70. The van der Waals surface area contributed by atoms with E-state index in [1.165, 1.54) is 0 Å². The maximum Gasteiger partial charge on any atom is 0.253 e. The molecule has 0 radical (unpaired) electrons. The van der Waals surface area contributed by atoms with Crippen LogP contribution in [0.5, 0.6) is 0 Å². The molecule has 0 aliphatic rings. The predicted molar refractivity (Wildman–Crippen MR) is 80.2 cm³/mol. The molecule has 2 amide bonds. The van der Waals surface area contributed by atoms with Gasteiger partial charge in [0.1, 0.15) is 0 Å². The number of hydrogen-bond donors (Lipinski definition) is 3. The Morgan fingerprint density at radius 2 is 2.10 bits per heavy atom. The van der Waals surface area contributed by atoms with Crippen LogP contribution in [0.1, 0.15) is 23.7 Å². The first-order valence-electron chi connectivity index (χ1n) is 6.90. The lowest BCUT2D eigenvalue weighted by atomic mass is 10.2. The lowest BCUT2D eigenvalue weighted by Crippen LogP contribution is -2.32. The maximum absolute atomic E-state index is 12.1. The largest absolute Gasteiger partial charge is 0.383 e. The number of carbonyl (C=O) groups excluding carboxylic acids is 2. The number of nitrogens with zero attached hydrogens (tertiary/aromatic N) is 1. The zero-order valence-electron chi connectivity index (χ0n) is 12.4. The van der Waals surface area contributed by atoms with Crippen molar-refractivity contribution in [3.8, 4) is 0 Å². The molecule has 0 fully saturated rings. The fraction of sp³-hybridized carbons (Fsp3) is 0.500. The molecule has 0 unspecified atom stereocenters. The van der Waals surface area contributed by atoms with Crippen molar-refractivity contribution >= 4 is 17.5 Å². The number of nitrogens with one attached hydrogen (secondary N) is 3. The normalized spacial score (nSPS) is 10.0. The van der Waals surface area contributed by atoms with E-state index in [0.717, 1.165) is 0 Å². The Morgan fingerprint density at radius 1 is 1.29 bits per heavy atom. The summed E-state index contributed by atoms with van der Waals surface area (Å²) in [5.74, 6) is -0.341. The first-order valence-corrected chi connectivity index (χ1v) is 6.90. The topological polar surface area (TPSA) is 92.4 Å². The van der Waals surface area contributed by atoms with Crippen LogP contribution < -0.4 is 16.0 Å². The van der Waals surface area contributed by atoms with Crippen LogP contribution in [0.25, 0.3) is 0 Å². The number of aromatic nitrogens is 1. The van der Waals surface area contributed by atoms with Crippen LogP contribution in [0.3, 0.4) is 0 Å². The molecule has 1 heterocycles. The highest BCUT2D eigenvalue weighted by molar-refractivity contribution is 5.99. The highest BCUT2D eigenvalue weighted by Crippen LogP contribution is 2.12. The Hall–Kier alpha value is -2.15.